The highest BCUT2D eigenvalue weighted by atomic mass is 35.5. The van der Waals surface area contributed by atoms with E-state index in [1.807, 2.05) is 13.8 Å². The van der Waals surface area contributed by atoms with Crippen LogP contribution in [0.15, 0.2) is 42.5 Å². The van der Waals surface area contributed by atoms with Crippen LogP contribution >= 0.6 is 23.2 Å². The van der Waals surface area contributed by atoms with Crippen LogP contribution in [-0.2, 0) is 26.2 Å². The summed E-state index contributed by atoms with van der Waals surface area (Å²) in [5.74, 6) is -1.38. The molecule has 0 saturated carbocycles. The summed E-state index contributed by atoms with van der Waals surface area (Å²) in [6, 6.07) is 8.82. The van der Waals surface area contributed by atoms with Crippen molar-refractivity contribution in [2.24, 2.45) is 0 Å². The summed E-state index contributed by atoms with van der Waals surface area (Å²) >= 11 is 12.0. The van der Waals surface area contributed by atoms with Crippen molar-refractivity contribution in [3.8, 4) is 0 Å². The lowest BCUT2D eigenvalue weighted by Gasteiger charge is -2.33. The molecule has 0 radical (unpaired) electrons. The van der Waals surface area contributed by atoms with Gasteiger partial charge in [0.25, 0.3) is 0 Å². The van der Waals surface area contributed by atoms with Gasteiger partial charge in [0.15, 0.2) is 0 Å². The lowest BCUT2D eigenvalue weighted by molar-refractivity contribution is -0.140. The number of amides is 2. The maximum atomic E-state index is 13.6. The Morgan fingerprint density at radius 2 is 1.66 bits per heavy atom. The molecule has 0 aliphatic carbocycles. The fraction of sp³-hybridized carbons (Fsp3) is 0.417. The summed E-state index contributed by atoms with van der Waals surface area (Å²) in [6.07, 6.45) is 1.97. The highest BCUT2D eigenvalue weighted by Gasteiger charge is 2.32. The minimum absolute atomic E-state index is 0.00940. The van der Waals surface area contributed by atoms with Gasteiger partial charge < -0.3 is 10.2 Å². The highest BCUT2D eigenvalue weighted by molar-refractivity contribution is 7.92. The lowest BCUT2D eigenvalue weighted by atomic mass is 10.1. The minimum atomic E-state index is -3.90. The molecule has 0 aliphatic heterocycles. The van der Waals surface area contributed by atoms with Crippen molar-refractivity contribution in [1.29, 1.82) is 0 Å². The Kier molecular flexibility index (Phi) is 10.4. The van der Waals surface area contributed by atoms with Gasteiger partial charge in [-0.05, 0) is 55.7 Å². The van der Waals surface area contributed by atoms with Crippen LogP contribution in [-0.4, -0.2) is 50.0 Å². The van der Waals surface area contributed by atoms with E-state index in [4.69, 9.17) is 23.2 Å². The molecule has 2 rings (SSSR count). The molecule has 0 spiro atoms. The molecule has 2 aromatic carbocycles. The summed E-state index contributed by atoms with van der Waals surface area (Å²) in [5, 5.41) is 3.25. The highest BCUT2D eigenvalue weighted by Crippen LogP contribution is 2.28. The first kappa shape index (κ1) is 28.9. The van der Waals surface area contributed by atoms with Crippen LogP contribution in [0, 0.1) is 5.82 Å². The van der Waals surface area contributed by atoms with E-state index in [1.54, 1.807) is 6.92 Å². The number of halogens is 3. The Balaban J connectivity index is 2.45. The van der Waals surface area contributed by atoms with Crippen LogP contribution in [0.5, 0.6) is 0 Å². The van der Waals surface area contributed by atoms with Gasteiger partial charge >= 0.3 is 0 Å². The second kappa shape index (κ2) is 12.6. The maximum Gasteiger partial charge on any atom is 0.244 e. The predicted octanol–water partition coefficient (Wildman–Crippen LogP) is 4.62. The molecule has 7 nitrogen and oxygen atoms in total. The zero-order valence-electron chi connectivity index (χ0n) is 20.1. The Hall–Kier alpha value is -2.36. The molecule has 1 N–H and O–H groups in total. The first-order valence-electron chi connectivity index (χ1n) is 11.1. The van der Waals surface area contributed by atoms with Crippen LogP contribution in [0.25, 0.3) is 0 Å². The summed E-state index contributed by atoms with van der Waals surface area (Å²) < 4.78 is 39.5. The number of nitrogens with zero attached hydrogens (tertiary/aromatic N) is 2. The first-order chi connectivity index (χ1) is 16.4. The number of anilines is 1. The van der Waals surface area contributed by atoms with Crippen molar-refractivity contribution < 1.29 is 22.4 Å². The van der Waals surface area contributed by atoms with E-state index in [1.165, 1.54) is 47.4 Å². The molecule has 192 valence electrons. The standard InChI is InChI=1S/C24H30Cl2FN3O4S/c1-5-16(3)28-24(32)22(6-2)29(14-17-7-9-18(27)10-8-17)23(31)15-30(35(4,33)34)19-11-12-20(25)21(26)13-19/h7-13,16,22H,5-6,14-15H2,1-4H3,(H,28,32)/t16-,22+/m1/s1. The molecule has 35 heavy (non-hydrogen) atoms. The van der Waals surface area contributed by atoms with Gasteiger partial charge in [-0.25, -0.2) is 12.8 Å². The Bertz CT molecular complexity index is 1150. The monoisotopic (exact) mass is 545 g/mol. The van der Waals surface area contributed by atoms with Gasteiger partial charge in [0, 0.05) is 12.6 Å². The summed E-state index contributed by atoms with van der Waals surface area (Å²) in [4.78, 5) is 27.9. The second-order valence-electron chi connectivity index (χ2n) is 8.26. The Morgan fingerprint density at radius 1 is 1.03 bits per heavy atom. The number of hydrogen-bond acceptors (Lipinski definition) is 4. The van der Waals surface area contributed by atoms with Crippen molar-refractivity contribution in [3.63, 3.8) is 0 Å². The van der Waals surface area contributed by atoms with E-state index in [0.29, 0.717) is 18.4 Å². The molecule has 0 aliphatic rings. The minimum Gasteiger partial charge on any atom is -0.352 e. The van der Waals surface area contributed by atoms with Gasteiger partial charge in [0.05, 0.1) is 22.0 Å². The molecule has 0 fully saturated rings. The molecule has 0 heterocycles. The zero-order valence-corrected chi connectivity index (χ0v) is 22.4. The van der Waals surface area contributed by atoms with E-state index in [9.17, 15) is 22.4 Å². The van der Waals surface area contributed by atoms with Crippen molar-refractivity contribution in [1.82, 2.24) is 10.2 Å². The molecule has 11 heteroatoms. The van der Waals surface area contributed by atoms with Gasteiger partial charge in [-0.15, -0.1) is 0 Å². The van der Waals surface area contributed by atoms with Crippen LogP contribution in [0.1, 0.15) is 39.2 Å². The number of carbonyl (C=O) groups is 2. The molecule has 0 bridgehead atoms. The topological polar surface area (TPSA) is 86.8 Å². The van der Waals surface area contributed by atoms with E-state index >= 15 is 0 Å². The van der Waals surface area contributed by atoms with E-state index in [0.717, 1.165) is 10.6 Å². The fourth-order valence-electron chi connectivity index (χ4n) is 3.40. The second-order valence-corrected chi connectivity index (χ2v) is 11.0. The SMILES string of the molecule is CC[C@@H](C)NC(=O)[C@H](CC)N(Cc1ccc(F)cc1)C(=O)CN(c1ccc(Cl)c(Cl)c1)S(C)(=O)=O. The van der Waals surface area contributed by atoms with Crippen LogP contribution in [0.2, 0.25) is 10.0 Å². The fourth-order valence-corrected chi connectivity index (χ4v) is 4.53. The number of hydrogen-bond donors (Lipinski definition) is 1. The summed E-state index contributed by atoms with van der Waals surface area (Å²) in [7, 11) is -3.90. The number of carbonyl (C=O) groups excluding carboxylic acids is 2. The predicted molar refractivity (Wildman–Crippen MR) is 138 cm³/mol. The first-order valence-corrected chi connectivity index (χ1v) is 13.7. The van der Waals surface area contributed by atoms with E-state index in [2.05, 4.69) is 5.32 Å². The van der Waals surface area contributed by atoms with Crippen LogP contribution in [0.4, 0.5) is 10.1 Å². The Morgan fingerprint density at radius 3 is 2.17 bits per heavy atom. The van der Waals surface area contributed by atoms with Gasteiger partial charge in [-0.3, -0.25) is 13.9 Å². The van der Waals surface area contributed by atoms with Crippen molar-refractivity contribution in [3.05, 3.63) is 63.9 Å². The van der Waals surface area contributed by atoms with E-state index in [-0.39, 0.29) is 34.2 Å². The van der Waals surface area contributed by atoms with Gasteiger partial charge in [-0.2, -0.15) is 0 Å². The summed E-state index contributed by atoms with van der Waals surface area (Å²) in [6.45, 7) is 4.97. The normalized spacial score (nSPS) is 13.1. The molecule has 2 aromatic rings. The smallest absolute Gasteiger partial charge is 0.244 e. The quantitative estimate of drug-likeness (QED) is 0.446. The number of rotatable bonds is 11. The number of nitrogens with one attached hydrogen (secondary N) is 1. The van der Waals surface area contributed by atoms with Gasteiger partial charge in [-0.1, -0.05) is 49.2 Å². The third kappa shape index (κ3) is 8.08. The third-order valence-corrected chi connectivity index (χ3v) is 7.40. The number of benzene rings is 2. The average Bonchev–Trinajstić information content (AvgIpc) is 2.79. The molecule has 0 saturated heterocycles. The molecular weight excluding hydrogens is 516 g/mol. The van der Waals surface area contributed by atoms with Crippen molar-refractivity contribution >= 4 is 50.7 Å². The summed E-state index contributed by atoms with van der Waals surface area (Å²) in [5.41, 5.74) is 0.754. The van der Waals surface area contributed by atoms with Gasteiger partial charge in [0.1, 0.15) is 18.4 Å². The molecule has 2 atom stereocenters. The van der Waals surface area contributed by atoms with Crippen LogP contribution in [0.3, 0.4) is 0 Å². The maximum absolute atomic E-state index is 13.6. The Labute approximate surface area is 216 Å². The third-order valence-electron chi connectivity index (χ3n) is 5.52. The zero-order chi connectivity index (χ0) is 26.3. The number of sulfonamides is 1. The molecule has 2 amide bonds. The molecular formula is C24H30Cl2FN3O4S. The largest absolute Gasteiger partial charge is 0.352 e. The average molecular weight is 546 g/mol. The van der Waals surface area contributed by atoms with E-state index < -0.39 is 34.3 Å². The lowest BCUT2D eigenvalue weighted by Crippen LogP contribution is -2.53. The molecule has 0 unspecified atom stereocenters. The van der Waals surface area contributed by atoms with Gasteiger partial charge in [0.2, 0.25) is 21.8 Å². The van der Waals surface area contributed by atoms with Crippen molar-refractivity contribution in [2.45, 2.75) is 52.2 Å². The van der Waals surface area contributed by atoms with Crippen LogP contribution < -0.4 is 9.62 Å². The van der Waals surface area contributed by atoms with Crippen molar-refractivity contribution in [2.75, 3.05) is 17.1 Å². The molecule has 0 aromatic heterocycles.